The molecule has 14 rings (SSSR count). The highest BCUT2D eigenvalue weighted by Gasteiger charge is 2.51. The fraction of sp³-hybridized carbons (Fsp3) is 0.0312. The van der Waals surface area contributed by atoms with Crippen LogP contribution in [0.2, 0.25) is 0 Å². The van der Waals surface area contributed by atoms with Crippen molar-refractivity contribution in [2.24, 2.45) is 9.98 Å². The van der Waals surface area contributed by atoms with E-state index in [9.17, 15) is 0 Å². The quantitative estimate of drug-likeness (QED) is 0.121. The Bertz CT molecular complexity index is 4040. The van der Waals surface area contributed by atoms with Crippen molar-refractivity contribution in [3.05, 3.63) is 269 Å². The molecule has 2 aliphatic rings. The second kappa shape index (κ2) is 15.1. The van der Waals surface area contributed by atoms with Crippen molar-refractivity contribution in [1.29, 1.82) is 0 Å². The van der Waals surface area contributed by atoms with E-state index in [4.69, 9.17) is 14.4 Å². The molecule has 4 heteroatoms. The Kier molecular flexibility index (Phi) is 8.53. The molecule has 0 bridgehead atoms. The van der Waals surface area contributed by atoms with Gasteiger partial charge in [0.25, 0.3) is 0 Å². The Balaban J connectivity index is 0.978. The normalized spacial score (nSPS) is 14.9. The van der Waals surface area contributed by atoms with Crippen molar-refractivity contribution >= 4 is 55.8 Å². The van der Waals surface area contributed by atoms with Gasteiger partial charge in [-0.25, -0.2) is 4.99 Å². The molecule has 318 valence electrons. The van der Waals surface area contributed by atoms with Crippen LogP contribution in [0.4, 0.5) is 0 Å². The SMILES string of the molecule is C(=NC(=NCc1ccc(-c2ccccc2)cc1)c1ccccc1)c1cccc2c1-c1cc(-c3ccc4oc5ccccc5c4c3)ccc1C21c2ccccc2-n2c3ccccc3c3cccc1c32. The number of nitrogens with zero attached hydrogens (tertiary/aromatic N) is 3. The van der Waals surface area contributed by atoms with Gasteiger partial charge in [-0.2, -0.15) is 0 Å². The van der Waals surface area contributed by atoms with Crippen LogP contribution in [0, 0.1) is 0 Å². The lowest BCUT2D eigenvalue weighted by Crippen LogP contribution is -2.33. The summed E-state index contributed by atoms with van der Waals surface area (Å²) < 4.78 is 8.78. The number of hydrogen-bond acceptors (Lipinski definition) is 2. The van der Waals surface area contributed by atoms with Crippen LogP contribution in [0.25, 0.3) is 82.8 Å². The first-order valence-corrected chi connectivity index (χ1v) is 23.3. The number of aliphatic imine (C=N–C) groups is 2. The Morgan fingerprint density at radius 1 is 0.471 bits per heavy atom. The van der Waals surface area contributed by atoms with Crippen molar-refractivity contribution in [3.8, 4) is 39.1 Å². The van der Waals surface area contributed by atoms with Crippen LogP contribution >= 0.6 is 0 Å². The van der Waals surface area contributed by atoms with Gasteiger partial charge in [0.15, 0.2) is 5.84 Å². The third kappa shape index (κ3) is 5.67. The number of fused-ring (bicyclic) bond motifs is 15. The summed E-state index contributed by atoms with van der Waals surface area (Å²) in [7, 11) is 0. The summed E-state index contributed by atoms with van der Waals surface area (Å²) in [6.45, 7) is 0.504. The lowest BCUT2D eigenvalue weighted by Gasteiger charge is -2.39. The molecule has 1 aliphatic heterocycles. The van der Waals surface area contributed by atoms with E-state index in [-0.39, 0.29) is 0 Å². The van der Waals surface area contributed by atoms with Gasteiger partial charge >= 0.3 is 0 Å². The van der Waals surface area contributed by atoms with Gasteiger partial charge in [-0.05, 0) is 97.6 Å². The number of amidine groups is 1. The van der Waals surface area contributed by atoms with Gasteiger partial charge in [0.05, 0.1) is 28.7 Å². The summed E-state index contributed by atoms with van der Waals surface area (Å²) in [5, 5.41) is 4.75. The summed E-state index contributed by atoms with van der Waals surface area (Å²) in [4.78, 5) is 10.5. The molecule has 2 aromatic heterocycles. The fourth-order valence-electron chi connectivity index (χ4n) is 11.4. The van der Waals surface area contributed by atoms with Gasteiger partial charge in [-0.3, -0.25) is 4.99 Å². The van der Waals surface area contributed by atoms with E-state index < -0.39 is 5.41 Å². The van der Waals surface area contributed by atoms with E-state index in [0.29, 0.717) is 12.4 Å². The standard InChI is InChI=1S/C64H41N3O/c1-3-15-42(16-4-1)43-31-29-41(30-32-43)39-65-63(44-17-5-2-6-18-44)66-40-47-19-13-24-55-61(47)52-38-45(46-34-36-60-51(37-46)49-21-8-12-28-59(49)68-60)33-35-53(52)64(55)54-23-9-11-27-58(54)67-57-26-10-7-20-48(57)50-22-14-25-56(64)62(50)67/h1-38,40H,39H2. The van der Waals surface area contributed by atoms with Crippen LogP contribution < -0.4 is 0 Å². The lowest BCUT2D eigenvalue weighted by atomic mass is 9.65. The molecule has 0 fully saturated rings. The molecular formula is C64H41N3O. The molecule has 1 unspecified atom stereocenters. The zero-order valence-electron chi connectivity index (χ0n) is 37.0. The van der Waals surface area contributed by atoms with Crippen molar-refractivity contribution in [3.63, 3.8) is 0 Å². The maximum absolute atomic E-state index is 6.28. The van der Waals surface area contributed by atoms with Gasteiger partial charge in [-0.15, -0.1) is 0 Å². The van der Waals surface area contributed by atoms with Crippen LogP contribution in [0.1, 0.15) is 38.9 Å². The van der Waals surface area contributed by atoms with E-state index in [1.807, 2.05) is 18.2 Å². The van der Waals surface area contributed by atoms with Crippen molar-refractivity contribution < 1.29 is 4.42 Å². The Hall–Kier alpha value is -8.86. The smallest absolute Gasteiger partial charge is 0.154 e. The largest absolute Gasteiger partial charge is 0.456 e. The molecule has 0 N–H and O–H groups in total. The molecule has 3 heterocycles. The minimum Gasteiger partial charge on any atom is -0.456 e. The minimum atomic E-state index is -0.611. The van der Waals surface area contributed by atoms with Crippen molar-refractivity contribution in [1.82, 2.24) is 4.57 Å². The Labute approximate surface area is 393 Å². The van der Waals surface area contributed by atoms with Crippen molar-refractivity contribution in [2.45, 2.75) is 12.0 Å². The number of benzene rings is 10. The van der Waals surface area contributed by atoms with E-state index >= 15 is 0 Å². The Morgan fingerprint density at radius 3 is 2.00 bits per heavy atom. The van der Waals surface area contributed by atoms with Gasteiger partial charge in [0.2, 0.25) is 0 Å². The number of hydrogen-bond donors (Lipinski definition) is 0. The highest BCUT2D eigenvalue weighted by molar-refractivity contribution is 6.14. The first-order valence-electron chi connectivity index (χ1n) is 23.3. The monoisotopic (exact) mass is 867 g/mol. The van der Waals surface area contributed by atoms with Crippen LogP contribution in [0.15, 0.2) is 245 Å². The van der Waals surface area contributed by atoms with E-state index in [1.165, 1.54) is 72.0 Å². The topological polar surface area (TPSA) is 42.8 Å². The highest BCUT2D eigenvalue weighted by atomic mass is 16.3. The molecule has 12 aromatic rings. The third-order valence-corrected chi connectivity index (χ3v) is 14.4. The van der Waals surface area contributed by atoms with E-state index in [0.717, 1.165) is 49.8 Å². The van der Waals surface area contributed by atoms with Gasteiger partial charge in [-0.1, -0.05) is 194 Å². The van der Waals surface area contributed by atoms with E-state index in [2.05, 4.69) is 223 Å². The number of rotatable bonds is 6. The molecule has 0 amide bonds. The Morgan fingerprint density at radius 2 is 1.12 bits per heavy atom. The fourth-order valence-corrected chi connectivity index (χ4v) is 11.4. The number of furan rings is 1. The molecule has 0 saturated heterocycles. The van der Waals surface area contributed by atoms with Crippen LogP contribution in [-0.4, -0.2) is 16.6 Å². The van der Waals surface area contributed by atoms with E-state index in [1.54, 1.807) is 0 Å². The first-order chi connectivity index (χ1) is 33.7. The molecule has 0 radical (unpaired) electrons. The molecular weight excluding hydrogens is 827 g/mol. The lowest BCUT2D eigenvalue weighted by molar-refractivity contribution is 0.669. The predicted octanol–water partition coefficient (Wildman–Crippen LogP) is 15.8. The average Bonchev–Trinajstić information content (AvgIpc) is 4.05. The van der Waals surface area contributed by atoms with Gasteiger partial charge in [0, 0.05) is 38.9 Å². The van der Waals surface area contributed by atoms with Crippen molar-refractivity contribution in [2.75, 3.05) is 0 Å². The maximum Gasteiger partial charge on any atom is 0.154 e. The summed E-state index contributed by atoms with van der Waals surface area (Å²) in [6, 6.07) is 83.2. The van der Waals surface area contributed by atoms with Crippen LogP contribution in [0.3, 0.4) is 0 Å². The third-order valence-electron chi connectivity index (χ3n) is 14.4. The molecule has 68 heavy (non-hydrogen) atoms. The van der Waals surface area contributed by atoms with Crippen LogP contribution in [0.5, 0.6) is 0 Å². The second-order valence-corrected chi connectivity index (χ2v) is 18.0. The molecule has 10 aromatic carbocycles. The predicted molar refractivity (Wildman–Crippen MR) is 281 cm³/mol. The minimum absolute atomic E-state index is 0.504. The molecule has 0 saturated carbocycles. The zero-order valence-corrected chi connectivity index (χ0v) is 37.0. The molecule has 4 nitrogen and oxygen atoms in total. The van der Waals surface area contributed by atoms with Gasteiger partial charge < -0.3 is 8.98 Å². The number of para-hydroxylation sites is 4. The molecule has 1 atom stereocenters. The summed E-state index contributed by atoms with van der Waals surface area (Å²) in [6.07, 6.45) is 2.05. The average molecular weight is 868 g/mol. The second-order valence-electron chi connectivity index (χ2n) is 18.0. The molecule has 1 spiro atoms. The summed E-state index contributed by atoms with van der Waals surface area (Å²) >= 11 is 0. The summed E-state index contributed by atoms with van der Waals surface area (Å²) in [5.74, 6) is 0.690. The zero-order chi connectivity index (χ0) is 44.8. The van der Waals surface area contributed by atoms with Gasteiger partial charge in [0.1, 0.15) is 11.2 Å². The first kappa shape index (κ1) is 38.4. The maximum atomic E-state index is 6.28. The summed E-state index contributed by atoms with van der Waals surface area (Å²) in [5.41, 5.74) is 20.1. The van der Waals surface area contributed by atoms with Crippen LogP contribution in [-0.2, 0) is 12.0 Å². The number of aromatic nitrogens is 1. The highest BCUT2D eigenvalue weighted by Crippen LogP contribution is 2.62. The molecule has 1 aliphatic carbocycles.